The average molecular weight is 523 g/mol. The van der Waals surface area contributed by atoms with Crippen LogP contribution in [0.1, 0.15) is 47.4 Å². The van der Waals surface area contributed by atoms with Crippen LogP contribution in [0, 0.1) is 19.8 Å². The van der Waals surface area contributed by atoms with Crippen LogP contribution in [-0.2, 0) is 27.3 Å². The van der Waals surface area contributed by atoms with Gasteiger partial charge in [0.05, 0.1) is 25.6 Å². The third-order valence-electron chi connectivity index (χ3n) is 6.21. The summed E-state index contributed by atoms with van der Waals surface area (Å²) in [5.74, 6) is -2.83. The summed E-state index contributed by atoms with van der Waals surface area (Å²) >= 11 is 0. The van der Waals surface area contributed by atoms with Crippen LogP contribution in [0.15, 0.2) is 22.7 Å². The molecule has 0 radical (unpaired) electrons. The van der Waals surface area contributed by atoms with Crippen LogP contribution in [0.4, 0.5) is 0 Å². The van der Waals surface area contributed by atoms with Gasteiger partial charge in [0.15, 0.2) is 5.60 Å². The van der Waals surface area contributed by atoms with Gasteiger partial charge in [0, 0.05) is 31.7 Å². The Morgan fingerprint density at radius 2 is 1.81 bits per heavy atom. The number of methoxy groups -OCH3 is 1. The summed E-state index contributed by atoms with van der Waals surface area (Å²) in [4.78, 5) is 32.9. The second-order valence-corrected chi connectivity index (χ2v) is 9.18. The molecule has 1 saturated heterocycles. The van der Waals surface area contributed by atoms with Crippen molar-refractivity contribution in [2.45, 2.75) is 51.7 Å². The summed E-state index contributed by atoms with van der Waals surface area (Å²) in [5, 5.41) is 47.2. The van der Waals surface area contributed by atoms with E-state index >= 15 is 0 Å². The van der Waals surface area contributed by atoms with Gasteiger partial charge in [-0.1, -0.05) is 17.3 Å². The van der Waals surface area contributed by atoms with E-state index < -0.39 is 36.4 Å². The van der Waals surface area contributed by atoms with Crippen molar-refractivity contribution in [2.75, 3.05) is 26.8 Å². The molecule has 12 heteroatoms. The number of aromatic nitrogens is 1. The predicted molar refractivity (Wildman–Crippen MR) is 129 cm³/mol. The smallest absolute Gasteiger partial charge is 0.336 e. The number of nitrogens with zero attached hydrogens (tertiary/aromatic N) is 2. The fourth-order valence-corrected chi connectivity index (χ4v) is 4.19. The Kier molecular flexibility index (Phi) is 10.6. The van der Waals surface area contributed by atoms with E-state index in [-0.39, 0.29) is 6.61 Å². The zero-order chi connectivity index (χ0) is 27.8. The maximum absolute atomic E-state index is 10.3. The third-order valence-corrected chi connectivity index (χ3v) is 6.21. The summed E-state index contributed by atoms with van der Waals surface area (Å²) in [6.07, 6.45) is -0.445. The van der Waals surface area contributed by atoms with Crippen LogP contribution in [0.3, 0.4) is 0 Å². The van der Waals surface area contributed by atoms with Gasteiger partial charge >= 0.3 is 17.9 Å². The maximum Gasteiger partial charge on any atom is 0.336 e. The first kappa shape index (κ1) is 29.7. The van der Waals surface area contributed by atoms with Crippen LogP contribution in [-0.4, -0.2) is 85.9 Å². The molecule has 1 atom stereocenters. The number of carboxylic acids is 3. The monoisotopic (exact) mass is 522 g/mol. The molecule has 1 aliphatic heterocycles. The third kappa shape index (κ3) is 8.55. The summed E-state index contributed by atoms with van der Waals surface area (Å²) < 4.78 is 10.8. The molecule has 1 aromatic carbocycles. The van der Waals surface area contributed by atoms with Crippen molar-refractivity contribution < 1.29 is 49.2 Å². The molecule has 0 amide bonds. The molecule has 1 unspecified atom stereocenters. The number of hydrogen-bond acceptors (Lipinski definition) is 9. The number of aliphatic carboxylic acids is 3. The van der Waals surface area contributed by atoms with Gasteiger partial charge < -0.3 is 34.8 Å². The molecule has 1 fully saturated rings. The molecule has 5 N–H and O–H groups in total. The lowest BCUT2D eigenvalue weighted by Crippen LogP contribution is -2.42. The fourth-order valence-electron chi connectivity index (χ4n) is 4.19. The molecule has 1 aliphatic rings. The topological polar surface area (TPSA) is 191 Å². The lowest BCUT2D eigenvalue weighted by Gasteiger charge is -2.18. The highest BCUT2D eigenvalue weighted by Gasteiger charge is 2.40. The van der Waals surface area contributed by atoms with Gasteiger partial charge in [-0.05, 0) is 49.9 Å². The molecule has 0 spiro atoms. The molecule has 2 aromatic rings. The molecule has 37 heavy (non-hydrogen) atoms. The molecule has 3 rings (SSSR count). The van der Waals surface area contributed by atoms with Crippen LogP contribution < -0.4 is 4.74 Å². The number of benzene rings is 1. The number of aliphatic hydroxyl groups is 2. The van der Waals surface area contributed by atoms with E-state index in [1.807, 2.05) is 19.9 Å². The molecule has 204 valence electrons. The minimum atomic E-state index is -2.74. The summed E-state index contributed by atoms with van der Waals surface area (Å²) in [5.41, 5.74) is 1.76. The molecular formula is C25H34N2O10. The number of hydrogen-bond donors (Lipinski definition) is 5. The van der Waals surface area contributed by atoms with Gasteiger partial charge in [-0.3, -0.25) is 14.5 Å². The molecule has 0 aliphatic carbocycles. The summed E-state index contributed by atoms with van der Waals surface area (Å²) in [7, 11) is 1.71. The van der Waals surface area contributed by atoms with Crippen LogP contribution in [0.2, 0.25) is 0 Å². The SMILES string of the molecule is COc1ccc(CN2CCC(CO)C2)cc1Cc1c(C)noc1C.O=C(O)CC(O)(CC(=O)O)C(=O)O. The Bertz CT molecular complexity index is 1060. The van der Waals surface area contributed by atoms with Crippen molar-refractivity contribution in [1.82, 2.24) is 10.1 Å². The second-order valence-electron chi connectivity index (χ2n) is 9.18. The summed E-state index contributed by atoms with van der Waals surface area (Å²) in [6.45, 7) is 7.15. The Hall–Kier alpha value is -3.48. The number of rotatable bonds is 11. The number of aliphatic hydroxyl groups excluding tert-OH is 1. The highest BCUT2D eigenvalue weighted by Crippen LogP contribution is 2.27. The normalized spacial score (nSPS) is 15.6. The van der Waals surface area contributed by atoms with Gasteiger partial charge in [0.1, 0.15) is 11.5 Å². The van der Waals surface area contributed by atoms with Crippen molar-refractivity contribution in [3.63, 3.8) is 0 Å². The second kappa shape index (κ2) is 13.2. The number of aryl methyl sites for hydroxylation is 2. The van der Waals surface area contributed by atoms with Crippen molar-refractivity contribution >= 4 is 17.9 Å². The van der Waals surface area contributed by atoms with E-state index in [0.29, 0.717) is 5.92 Å². The number of ether oxygens (including phenoxy) is 1. The number of carboxylic acid groups (broad SMARTS) is 3. The molecule has 0 bridgehead atoms. The zero-order valence-electron chi connectivity index (χ0n) is 21.1. The van der Waals surface area contributed by atoms with E-state index in [2.05, 4.69) is 22.2 Å². The van der Waals surface area contributed by atoms with Crippen molar-refractivity contribution in [2.24, 2.45) is 5.92 Å². The van der Waals surface area contributed by atoms with E-state index in [1.165, 1.54) is 5.56 Å². The largest absolute Gasteiger partial charge is 0.496 e. The molecule has 1 aromatic heterocycles. The minimum Gasteiger partial charge on any atom is -0.496 e. The Balaban J connectivity index is 0.000000317. The average Bonchev–Trinajstić information content (AvgIpc) is 3.40. The fraction of sp³-hybridized carbons (Fsp3) is 0.520. The van der Waals surface area contributed by atoms with E-state index in [4.69, 9.17) is 29.7 Å². The molecule has 12 nitrogen and oxygen atoms in total. The first-order chi connectivity index (χ1) is 17.4. The Morgan fingerprint density at radius 1 is 1.16 bits per heavy atom. The minimum absolute atomic E-state index is 0.288. The van der Waals surface area contributed by atoms with Gasteiger partial charge in [-0.25, -0.2) is 4.79 Å². The van der Waals surface area contributed by atoms with Crippen LogP contribution in [0.5, 0.6) is 5.75 Å². The van der Waals surface area contributed by atoms with E-state index in [9.17, 15) is 19.5 Å². The first-order valence-corrected chi connectivity index (χ1v) is 11.7. The molecule has 0 saturated carbocycles. The zero-order valence-corrected chi connectivity index (χ0v) is 21.1. The Labute approximate surface area is 214 Å². The highest BCUT2D eigenvalue weighted by atomic mass is 16.5. The predicted octanol–water partition coefficient (Wildman–Crippen LogP) is 1.46. The first-order valence-electron chi connectivity index (χ1n) is 11.7. The van der Waals surface area contributed by atoms with Gasteiger partial charge in [0.25, 0.3) is 0 Å². The van der Waals surface area contributed by atoms with Crippen LogP contribution >= 0.6 is 0 Å². The van der Waals surface area contributed by atoms with Crippen molar-refractivity contribution in [3.8, 4) is 5.75 Å². The lowest BCUT2D eigenvalue weighted by atomic mass is 9.96. The summed E-state index contributed by atoms with van der Waals surface area (Å²) in [6, 6.07) is 6.39. The van der Waals surface area contributed by atoms with Crippen molar-refractivity contribution in [1.29, 1.82) is 0 Å². The standard InChI is InChI=1S/C19H26N2O3.C6H8O7/c1-13-18(14(2)24-20-13)9-17-8-15(4-5-19(17)23-3)10-21-7-6-16(11-21)12-22;7-3(8)1-6(13,5(11)12)2-4(9)10/h4-5,8,16,22H,6-7,9-12H2,1-3H3;13H,1-2H2,(H,7,8)(H,9,10)(H,11,12). The number of likely N-dealkylation sites (tertiary alicyclic amines) is 1. The number of carbonyl (C=O) groups is 3. The quantitative estimate of drug-likeness (QED) is 0.286. The maximum atomic E-state index is 10.3. The van der Waals surface area contributed by atoms with Gasteiger partial charge in [0.2, 0.25) is 0 Å². The lowest BCUT2D eigenvalue weighted by molar-refractivity contribution is -0.170. The van der Waals surface area contributed by atoms with E-state index in [1.54, 1.807) is 7.11 Å². The Morgan fingerprint density at radius 3 is 2.27 bits per heavy atom. The van der Waals surface area contributed by atoms with Crippen LogP contribution in [0.25, 0.3) is 0 Å². The van der Waals surface area contributed by atoms with Gasteiger partial charge in [-0.15, -0.1) is 0 Å². The highest BCUT2D eigenvalue weighted by molar-refractivity contribution is 5.88. The van der Waals surface area contributed by atoms with E-state index in [0.717, 1.165) is 60.8 Å². The van der Waals surface area contributed by atoms with Crippen molar-refractivity contribution in [3.05, 3.63) is 46.3 Å². The molecular weight excluding hydrogens is 488 g/mol. The van der Waals surface area contributed by atoms with Gasteiger partial charge in [-0.2, -0.15) is 0 Å². The molecule has 2 heterocycles.